The molecule has 148 valence electrons. The molecule has 1 aromatic carbocycles. The first kappa shape index (κ1) is 23.2. The average molecular weight is 494 g/mol. The van der Waals surface area contributed by atoms with Gasteiger partial charge in [-0.3, -0.25) is 4.99 Å². The molecule has 1 saturated heterocycles. The minimum absolute atomic E-state index is 0. The number of anilines is 1. The number of sulfonamides is 1. The smallest absolute Gasteiger partial charge is 0.211 e. The number of aryl methyl sites for hydroxylation is 2. The van der Waals surface area contributed by atoms with E-state index in [-0.39, 0.29) is 24.0 Å². The number of hydrogen-bond acceptors (Lipinski definition) is 3. The molecular formula is C18H31IN4O2S. The maximum Gasteiger partial charge on any atom is 0.211 e. The summed E-state index contributed by atoms with van der Waals surface area (Å²) in [6.07, 6.45) is 4.80. The number of guanidine groups is 1. The molecule has 0 amide bonds. The minimum Gasteiger partial charge on any atom is -0.370 e. The largest absolute Gasteiger partial charge is 0.370 e. The molecule has 1 aromatic rings. The molecular weight excluding hydrogens is 463 g/mol. The fourth-order valence-corrected chi connectivity index (χ4v) is 4.10. The summed E-state index contributed by atoms with van der Waals surface area (Å²) in [6, 6.07) is 6.29. The first-order valence-electron chi connectivity index (χ1n) is 8.98. The number of halogens is 1. The van der Waals surface area contributed by atoms with Crippen molar-refractivity contribution in [3.05, 3.63) is 29.3 Å². The van der Waals surface area contributed by atoms with E-state index in [9.17, 15) is 8.42 Å². The predicted octanol–water partition coefficient (Wildman–Crippen LogP) is 2.83. The van der Waals surface area contributed by atoms with Gasteiger partial charge in [0.25, 0.3) is 0 Å². The quantitative estimate of drug-likeness (QED) is 0.362. The number of nitrogens with two attached hydrogens (primary N) is 1. The molecule has 26 heavy (non-hydrogen) atoms. The van der Waals surface area contributed by atoms with Gasteiger partial charge in [-0.05, 0) is 42.7 Å². The number of piperidine rings is 1. The Bertz CT molecular complexity index is 692. The Labute approximate surface area is 174 Å². The summed E-state index contributed by atoms with van der Waals surface area (Å²) >= 11 is 0. The van der Waals surface area contributed by atoms with Crippen molar-refractivity contribution in [2.45, 2.75) is 39.5 Å². The van der Waals surface area contributed by atoms with Gasteiger partial charge in [-0.25, -0.2) is 12.7 Å². The van der Waals surface area contributed by atoms with Gasteiger partial charge in [-0.15, -0.1) is 24.0 Å². The van der Waals surface area contributed by atoms with Crippen molar-refractivity contribution in [2.75, 3.05) is 31.2 Å². The molecule has 8 heteroatoms. The average Bonchev–Trinajstić information content (AvgIpc) is 2.59. The Balaban J connectivity index is 0.00000338. The lowest BCUT2D eigenvalue weighted by Crippen LogP contribution is -2.38. The van der Waals surface area contributed by atoms with Gasteiger partial charge in [0.2, 0.25) is 10.0 Å². The summed E-state index contributed by atoms with van der Waals surface area (Å²) < 4.78 is 24.6. The summed E-state index contributed by atoms with van der Waals surface area (Å²) in [4.78, 5) is 4.50. The number of nitrogens with zero attached hydrogens (tertiary/aromatic N) is 2. The zero-order valence-corrected chi connectivity index (χ0v) is 19.0. The first-order chi connectivity index (χ1) is 11.8. The molecule has 0 atom stereocenters. The van der Waals surface area contributed by atoms with Crippen molar-refractivity contribution in [1.29, 1.82) is 0 Å². The van der Waals surface area contributed by atoms with Gasteiger partial charge in [0.1, 0.15) is 0 Å². The van der Waals surface area contributed by atoms with E-state index in [1.165, 1.54) is 17.4 Å². The number of aliphatic imine (C=N–C) groups is 1. The van der Waals surface area contributed by atoms with Crippen molar-refractivity contribution >= 4 is 45.6 Å². The van der Waals surface area contributed by atoms with Crippen molar-refractivity contribution in [3.8, 4) is 0 Å². The Hall–Kier alpha value is -0.870. The second kappa shape index (κ2) is 10.5. The van der Waals surface area contributed by atoms with Gasteiger partial charge >= 0.3 is 0 Å². The fraction of sp³-hybridized carbons (Fsp3) is 0.611. The Morgan fingerprint density at radius 1 is 1.23 bits per heavy atom. The molecule has 0 spiro atoms. The van der Waals surface area contributed by atoms with Crippen LogP contribution in [0.2, 0.25) is 0 Å². The maximum atomic E-state index is 11.6. The third-order valence-corrected chi connectivity index (χ3v) is 6.12. The van der Waals surface area contributed by atoms with Gasteiger partial charge in [0.05, 0.1) is 6.26 Å². The van der Waals surface area contributed by atoms with E-state index in [0.29, 0.717) is 31.5 Å². The van der Waals surface area contributed by atoms with E-state index in [1.54, 1.807) is 4.31 Å². The van der Waals surface area contributed by atoms with Crippen molar-refractivity contribution in [2.24, 2.45) is 16.6 Å². The SMILES string of the molecule is CCc1cccc(CC)c1NC(N)=NCC1CCN(S(C)(=O)=O)CC1.I. The molecule has 0 unspecified atom stereocenters. The molecule has 0 aliphatic carbocycles. The van der Waals surface area contributed by atoms with E-state index in [1.807, 2.05) is 0 Å². The number of nitrogens with one attached hydrogen (secondary N) is 1. The Morgan fingerprint density at radius 3 is 2.23 bits per heavy atom. The molecule has 0 bridgehead atoms. The van der Waals surface area contributed by atoms with Crippen molar-refractivity contribution in [1.82, 2.24) is 4.31 Å². The normalized spacial score (nSPS) is 17.0. The summed E-state index contributed by atoms with van der Waals surface area (Å²) in [7, 11) is -3.08. The van der Waals surface area contributed by atoms with Crippen LogP contribution in [0, 0.1) is 5.92 Å². The second-order valence-electron chi connectivity index (χ2n) is 6.61. The van der Waals surface area contributed by atoms with Crippen LogP contribution in [0.15, 0.2) is 23.2 Å². The van der Waals surface area contributed by atoms with Crippen molar-refractivity contribution < 1.29 is 8.42 Å². The van der Waals surface area contributed by atoms with Gasteiger partial charge < -0.3 is 11.1 Å². The predicted molar refractivity (Wildman–Crippen MR) is 120 cm³/mol. The highest BCUT2D eigenvalue weighted by Gasteiger charge is 2.24. The zero-order chi connectivity index (χ0) is 18.4. The van der Waals surface area contributed by atoms with Crippen LogP contribution in [-0.4, -0.2) is 44.6 Å². The highest BCUT2D eigenvalue weighted by atomic mass is 127. The van der Waals surface area contributed by atoms with Gasteiger partial charge in [-0.2, -0.15) is 0 Å². The molecule has 0 radical (unpaired) electrons. The van der Waals surface area contributed by atoms with Crippen LogP contribution in [0.25, 0.3) is 0 Å². The lowest BCUT2D eigenvalue weighted by Gasteiger charge is -2.29. The van der Waals surface area contributed by atoms with E-state index < -0.39 is 10.0 Å². The topological polar surface area (TPSA) is 87.8 Å². The molecule has 1 fully saturated rings. The van der Waals surface area contributed by atoms with E-state index in [4.69, 9.17) is 5.73 Å². The summed E-state index contributed by atoms with van der Waals surface area (Å²) in [5, 5.41) is 3.28. The standard InChI is InChI=1S/C18H30N4O2S.HI/c1-4-15-7-6-8-16(5-2)17(15)21-18(19)20-13-14-9-11-22(12-10-14)25(3,23)24;/h6-8,14H,4-5,9-13H2,1-3H3,(H3,19,20,21);1H. The molecule has 1 aliphatic rings. The van der Waals surface area contributed by atoms with Gasteiger partial charge in [0, 0.05) is 25.3 Å². The lowest BCUT2D eigenvalue weighted by molar-refractivity contribution is 0.280. The van der Waals surface area contributed by atoms with Crippen LogP contribution >= 0.6 is 24.0 Å². The van der Waals surface area contributed by atoms with Gasteiger partial charge in [-0.1, -0.05) is 32.0 Å². The van der Waals surface area contributed by atoms with Crippen LogP contribution in [0.3, 0.4) is 0 Å². The number of hydrogen-bond donors (Lipinski definition) is 2. The van der Waals surface area contributed by atoms with Crippen molar-refractivity contribution in [3.63, 3.8) is 0 Å². The maximum absolute atomic E-state index is 11.6. The monoisotopic (exact) mass is 494 g/mol. The van der Waals surface area contributed by atoms with E-state index in [0.717, 1.165) is 31.4 Å². The fourth-order valence-electron chi connectivity index (χ4n) is 3.22. The molecule has 0 aromatic heterocycles. The lowest BCUT2D eigenvalue weighted by atomic mass is 9.98. The van der Waals surface area contributed by atoms with Crippen LogP contribution in [0.1, 0.15) is 37.8 Å². The molecule has 2 rings (SSSR count). The third-order valence-electron chi connectivity index (χ3n) is 4.81. The second-order valence-corrected chi connectivity index (χ2v) is 8.60. The van der Waals surface area contributed by atoms with E-state index in [2.05, 4.69) is 42.4 Å². The molecule has 3 N–H and O–H groups in total. The number of rotatable bonds is 6. The highest BCUT2D eigenvalue weighted by Crippen LogP contribution is 2.23. The molecule has 6 nitrogen and oxygen atoms in total. The Morgan fingerprint density at radius 2 is 1.77 bits per heavy atom. The number of benzene rings is 1. The first-order valence-corrected chi connectivity index (χ1v) is 10.8. The summed E-state index contributed by atoms with van der Waals surface area (Å²) in [5.41, 5.74) is 9.64. The molecule has 0 saturated carbocycles. The molecule has 1 aliphatic heterocycles. The molecule has 1 heterocycles. The van der Waals surface area contributed by atoms with Crippen LogP contribution in [-0.2, 0) is 22.9 Å². The van der Waals surface area contributed by atoms with E-state index >= 15 is 0 Å². The van der Waals surface area contributed by atoms with Crippen LogP contribution in [0.5, 0.6) is 0 Å². The third kappa shape index (κ3) is 6.38. The summed E-state index contributed by atoms with van der Waals surface area (Å²) in [6.45, 7) is 6.04. The summed E-state index contributed by atoms with van der Waals surface area (Å²) in [5.74, 6) is 0.812. The van der Waals surface area contributed by atoms with Gasteiger partial charge in [0.15, 0.2) is 5.96 Å². The highest BCUT2D eigenvalue weighted by molar-refractivity contribution is 14.0. The minimum atomic E-state index is -3.08. The zero-order valence-electron chi connectivity index (χ0n) is 15.9. The number of para-hydroxylation sites is 1. The Kier molecular flexibility index (Phi) is 9.32. The van der Waals surface area contributed by atoms with Crippen LogP contribution in [0.4, 0.5) is 5.69 Å². The van der Waals surface area contributed by atoms with Crippen LogP contribution < -0.4 is 11.1 Å².